The first-order valence-electron chi connectivity index (χ1n) is 8.94. The van der Waals surface area contributed by atoms with E-state index in [9.17, 15) is 5.11 Å². The Labute approximate surface area is 150 Å². The highest BCUT2D eigenvalue weighted by Gasteiger charge is 2.56. The molecule has 1 unspecified atom stereocenters. The number of hydrogen-bond acceptors (Lipinski definition) is 0. The number of hydrogen-bond donors (Lipinski definition) is 0. The average Bonchev–Trinajstić information content (AvgIpc) is 3.40. The van der Waals surface area contributed by atoms with Crippen LogP contribution in [-0.4, -0.2) is 0 Å². The van der Waals surface area contributed by atoms with Gasteiger partial charge in [0.25, 0.3) is 0 Å². The lowest BCUT2D eigenvalue weighted by Crippen LogP contribution is -2.14. The van der Waals surface area contributed by atoms with E-state index >= 15 is 0 Å². The van der Waals surface area contributed by atoms with Gasteiger partial charge in [0.05, 0.1) is 0 Å². The van der Waals surface area contributed by atoms with E-state index in [2.05, 4.69) is 72.8 Å². The summed E-state index contributed by atoms with van der Waals surface area (Å²) in [5.41, 5.74) is 3.93. The molecule has 1 nitrogen and oxygen atoms in total. The van der Waals surface area contributed by atoms with Gasteiger partial charge in [-0.25, -0.2) is 5.11 Å². The predicted octanol–water partition coefficient (Wildman–Crippen LogP) is 5.83. The lowest BCUT2D eigenvalue weighted by Gasteiger charge is -2.20. The van der Waals surface area contributed by atoms with E-state index in [4.69, 9.17) is 0 Å². The van der Waals surface area contributed by atoms with Crippen LogP contribution in [0.3, 0.4) is 0 Å². The third kappa shape index (κ3) is 2.79. The molecule has 0 spiro atoms. The van der Waals surface area contributed by atoms with Crippen molar-refractivity contribution in [1.29, 1.82) is 0 Å². The maximum Gasteiger partial charge on any atom is 0.123 e. The second-order valence-corrected chi connectivity index (χ2v) is 7.59. The zero-order valence-corrected chi connectivity index (χ0v) is 14.8. The standard InChI is InChI=1S/C24H23O/c1-23(2,25)19-15-13-18(14-16-19)22-17-24(22,20-9-5-3-6-10-20)21-11-7-4-8-12-21/h3-16,22H,17H2,1-2H3. The van der Waals surface area contributed by atoms with Crippen LogP contribution >= 0.6 is 0 Å². The Bertz CT molecular complexity index is 803. The maximum atomic E-state index is 12.2. The van der Waals surface area contributed by atoms with Gasteiger partial charge in [-0.05, 0) is 48.4 Å². The molecule has 3 aromatic rings. The van der Waals surface area contributed by atoms with Crippen LogP contribution in [0.5, 0.6) is 0 Å². The molecule has 0 bridgehead atoms. The Hall–Kier alpha value is -2.38. The molecule has 0 aromatic heterocycles. The lowest BCUT2D eigenvalue weighted by atomic mass is 9.84. The molecule has 0 heterocycles. The summed E-state index contributed by atoms with van der Waals surface area (Å²) in [4.78, 5) is 0. The van der Waals surface area contributed by atoms with Gasteiger partial charge >= 0.3 is 0 Å². The topological polar surface area (TPSA) is 19.9 Å². The number of rotatable bonds is 4. The van der Waals surface area contributed by atoms with Gasteiger partial charge < -0.3 is 0 Å². The third-order valence-corrected chi connectivity index (χ3v) is 5.55. The summed E-state index contributed by atoms with van der Waals surface area (Å²) in [6, 6.07) is 29.9. The van der Waals surface area contributed by atoms with E-state index in [0.29, 0.717) is 5.92 Å². The zero-order chi connectivity index (χ0) is 17.5. The van der Waals surface area contributed by atoms with Crippen LogP contribution in [0.15, 0.2) is 84.9 Å². The summed E-state index contributed by atoms with van der Waals surface area (Å²) >= 11 is 0. The highest BCUT2D eigenvalue weighted by molar-refractivity contribution is 5.53. The predicted molar refractivity (Wildman–Crippen MR) is 101 cm³/mol. The monoisotopic (exact) mass is 327 g/mol. The molecule has 0 aliphatic heterocycles. The summed E-state index contributed by atoms with van der Waals surface area (Å²) in [6.07, 6.45) is 1.11. The fourth-order valence-corrected chi connectivity index (χ4v) is 4.06. The van der Waals surface area contributed by atoms with E-state index in [-0.39, 0.29) is 5.41 Å². The minimum atomic E-state index is -1.04. The summed E-state index contributed by atoms with van der Waals surface area (Å²) in [7, 11) is 0. The van der Waals surface area contributed by atoms with Crippen molar-refractivity contribution < 1.29 is 5.11 Å². The van der Waals surface area contributed by atoms with E-state index in [1.165, 1.54) is 16.7 Å². The summed E-state index contributed by atoms with van der Waals surface area (Å²) in [5, 5.41) is 12.2. The van der Waals surface area contributed by atoms with Gasteiger partial charge in [-0.15, -0.1) is 0 Å². The molecule has 1 radical (unpaired) electrons. The summed E-state index contributed by atoms with van der Waals surface area (Å²) in [6.45, 7) is 3.44. The SMILES string of the molecule is CC(C)([O])c1ccc(C2CC2(c2ccccc2)c2ccccc2)cc1. The van der Waals surface area contributed by atoms with Gasteiger partial charge in [0, 0.05) is 5.41 Å². The lowest BCUT2D eigenvalue weighted by molar-refractivity contribution is -0.000112. The Morgan fingerprint density at radius 1 is 0.760 bits per heavy atom. The molecular weight excluding hydrogens is 304 g/mol. The minimum absolute atomic E-state index is 0.0526. The maximum absolute atomic E-state index is 12.2. The first-order chi connectivity index (χ1) is 12.0. The fourth-order valence-electron chi connectivity index (χ4n) is 4.06. The van der Waals surface area contributed by atoms with Crippen LogP contribution in [0.25, 0.3) is 0 Å². The Kier molecular flexibility index (Phi) is 3.77. The molecule has 1 heteroatoms. The highest BCUT2D eigenvalue weighted by atomic mass is 16.3. The van der Waals surface area contributed by atoms with Crippen molar-refractivity contribution in [3.63, 3.8) is 0 Å². The molecule has 1 atom stereocenters. The van der Waals surface area contributed by atoms with Gasteiger partial charge in [0.15, 0.2) is 0 Å². The minimum Gasteiger partial charge on any atom is -0.225 e. The molecule has 1 saturated carbocycles. The van der Waals surface area contributed by atoms with Crippen molar-refractivity contribution in [3.05, 3.63) is 107 Å². The largest absolute Gasteiger partial charge is 0.225 e. The van der Waals surface area contributed by atoms with Crippen molar-refractivity contribution in [2.45, 2.75) is 37.2 Å². The molecule has 0 amide bonds. The van der Waals surface area contributed by atoms with Crippen LogP contribution in [0.2, 0.25) is 0 Å². The summed E-state index contributed by atoms with van der Waals surface area (Å²) in [5.74, 6) is 0.459. The van der Waals surface area contributed by atoms with Crippen molar-refractivity contribution in [2.75, 3.05) is 0 Å². The van der Waals surface area contributed by atoms with Crippen LogP contribution in [0.1, 0.15) is 48.4 Å². The highest BCUT2D eigenvalue weighted by Crippen LogP contribution is 2.64. The normalized spacial score (nSPS) is 18.8. The first-order valence-corrected chi connectivity index (χ1v) is 8.94. The molecule has 0 N–H and O–H groups in total. The van der Waals surface area contributed by atoms with Crippen LogP contribution < -0.4 is 0 Å². The second-order valence-electron chi connectivity index (χ2n) is 7.59. The average molecular weight is 327 g/mol. The molecular formula is C24H23O. The quantitative estimate of drug-likeness (QED) is 0.575. The van der Waals surface area contributed by atoms with Gasteiger partial charge in [0.1, 0.15) is 5.60 Å². The Balaban J connectivity index is 1.74. The van der Waals surface area contributed by atoms with Crippen molar-refractivity contribution in [3.8, 4) is 0 Å². The number of benzene rings is 3. The van der Waals surface area contributed by atoms with Crippen LogP contribution in [-0.2, 0) is 16.1 Å². The van der Waals surface area contributed by atoms with E-state index < -0.39 is 5.60 Å². The molecule has 1 aliphatic rings. The van der Waals surface area contributed by atoms with Crippen molar-refractivity contribution in [2.24, 2.45) is 0 Å². The van der Waals surface area contributed by atoms with E-state index in [1.807, 2.05) is 12.1 Å². The smallest absolute Gasteiger partial charge is 0.123 e. The van der Waals surface area contributed by atoms with Gasteiger partial charge in [-0.3, -0.25) is 0 Å². The molecule has 1 aliphatic carbocycles. The third-order valence-electron chi connectivity index (χ3n) is 5.55. The molecule has 4 rings (SSSR count). The Morgan fingerprint density at radius 3 is 1.68 bits per heavy atom. The van der Waals surface area contributed by atoms with Gasteiger partial charge in [-0.2, -0.15) is 0 Å². The first kappa shape index (κ1) is 16.1. The molecule has 125 valence electrons. The zero-order valence-electron chi connectivity index (χ0n) is 14.8. The van der Waals surface area contributed by atoms with Gasteiger partial charge in [0.2, 0.25) is 0 Å². The van der Waals surface area contributed by atoms with Crippen molar-refractivity contribution in [1.82, 2.24) is 0 Å². The van der Waals surface area contributed by atoms with Gasteiger partial charge in [-0.1, -0.05) is 84.9 Å². The van der Waals surface area contributed by atoms with E-state index in [1.54, 1.807) is 13.8 Å². The fraction of sp³-hybridized carbons (Fsp3) is 0.250. The van der Waals surface area contributed by atoms with Crippen LogP contribution in [0, 0.1) is 0 Å². The second kappa shape index (κ2) is 5.86. The molecule has 1 fully saturated rings. The molecule has 0 saturated heterocycles. The van der Waals surface area contributed by atoms with Crippen molar-refractivity contribution >= 4 is 0 Å². The molecule has 25 heavy (non-hydrogen) atoms. The van der Waals surface area contributed by atoms with Crippen LogP contribution in [0.4, 0.5) is 0 Å². The van der Waals surface area contributed by atoms with E-state index in [0.717, 1.165) is 12.0 Å². The molecule has 3 aromatic carbocycles. The summed E-state index contributed by atoms with van der Waals surface area (Å²) < 4.78 is 0. The Morgan fingerprint density at radius 2 is 1.24 bits per heavy atom.